The van der Waals surface area contributed by atoms with Crippen molar-refractivity contribution in [1.29, 1.82) is 0 Å². The molecule has 3 aromatic rings. The van der Waals surface area contributed by atoms with Gasteiger partial charge in [-0.2, -0.15) is 0 Å². The lowest BCUT2D eigenvalue weighted by atomic mass is 9.84. The maximum absolute atomic E-state index is 11.7. The minimum atomic E-state index is -0.294. The summed E-state index contributed by atoms with van der Waals surface area (Å²) in [6, 6.07) is 7.42. The second-order valence-corrected chi connectivity index (χ2v) is 13.4. The molecule has 41 heavy (non-hydrogen) atoms. The third-order valence-corrected chi connectivity index (χ3v) is 9.17. The predicted molar refractivity (Wildman–Crippen MR) is 167 cm³/mol. The molecule has 0 spiro atoms. The van der Waals surface area contributed by atoms with Crippen molar-refractivity contribution in [2.45, 2.75) is 72.7 Å². The number of aromatic nitrogens is 2. The number of ether oxygens (including phenoxy) is 3. The molecule has 8 nitrogen and oxygen atoms in total. The van der Waals surface area contributed by atoms with Crippen LogP contribution in [0.3, 0.4) is 0 Å². The van der Waals surface area contributed by atoms with Crippen LogP contribution in [0.15, 0.2) is 28.9 Å². The zero-order valence-corrected chi connectivity index (χ0v) is 27.2. The summed E-state index contributed by atoms with van der Waals surface area (Å²) in [6.45, 7) is 15.9. The molecule has 2 aliphatic heterocycles. The first kappa shape index (κ1) is 29.9. The molecule has 1 aromatic carbocycles. The molecule has 0 amide bonds. The van der Waals surface area contributed by atoms with E-state index in [2.05, 4.69) is 90.2 Å². The number of carbonyl (C=O) groups excluding carboxylic acids is 1. The number of hydrogen-bond acceptors (Lipinski definition) is 7. The Morgan fingerprint density at radius 3 is 2.59 bits per heavy atom. The normalized spacial score (nSPS) is 20.3. The summed E-state index contributed by atoms with van der Waals surface area (Å²) >= 11 is 3.73. The fraction of sp³-hybridized carbons (Fsp3) is 0.562. The van der Waals surface area contributed by atoms with Gasteiger partial charge in [-0.3, -0.25) is 14.7 Å². The minimum absolute atomic E-state index is 0.192. The highest BCUT2D eigenvalue weighted by Crippen LogP contribution is 2.46. The van der Waals surface area contributed by atoms with Crippen LogP contribution in [0.1, 0.15) is 58.9 Å². The van der Waals surface area contributed by atoms with Crippen LogP contribution in [0.4, 0.5) is 5.69 Å². The van der Waals surface area contributed by atoms with Gasteiger partial charge in [0.1, 0.15) is 12.4 Å². The average Bonchev–Trinajstić information content (AvgIpc) is 3.22. The largest absolute Gasteiger partial charge is 0.489 e. The summed E-state index contributed by atoms with van der Waals surface area (Å²) in [7, 11) is 3.94. The standard InChI is InChI=1S/C32H43BrN4O4/c1-19-16-36(17-20(2)35(19)7)24-13-26(29(34-15-24)21(3)39-8)30-27(14-32(5,6)18-41-22(4)38)25-11-23(33)12-28-31(25)37(30)9-10-40-28/h11-13,15,19-21H,9-10,14,16-18H2,1-8H3/t19-,20+,21-/m0/s1. The van der Waals surface area contributed by atoms with Gasteiger partial charge in [-0.25, -0.2) is 0 Å². The van der Waals surface area contributed by atoms with E-state index in [1.807, 2.05) is 6.20 Å². The Morgan fingerprint density at radius 2 is 1.93 bits per heavy atom. The Morgan fingerprint density at radius 1 is 1.22 bits per heavy atom. The van der Waals surface area contributed by atoms with Gasteiger partial charge in [0.25, 0.3) is 0 Å². The van der Waals surface area contributed by atoms with Gasteiger partial charge in [-0.15, -0.1) is 0 Å². The Kier molecular flexibility index (Phi) is 8.43. The van der Waals surface area contributed by atoms with E-state index in [4.69, 9.17) is 19.2 Å². The molecular formula is C32H43BrN4O4. The number of halogens is 1. The zero-order chi connectivity index (χ0) is 29.6. The number of methoxy groups -OCH3 is 1. The molecule has 2 aliphatic rings. The topological polar surface area (TPSA) is 69.1 Å². The van der Waals surface area contributed by atoms with Gasteiger partial charge in [-0.05, 0) is 58.0 Å². The van der Waals surface area contributed by atoms with Crippen LogP contribution in [-0.4, -0.2) is 73.0 Å². The maximum Gasteiger partial charge on any atom is 0.302 e. The predicted octanol–water partition coefficient (Wildman–Crippen LogP) is 6.23. The molecule has 0 radical (unpaired) electrons. The Hall–Kier alpha value is -2.62. The summed E-state index contributed by atoms with van der Waals surface area (Å²) in [5.74, 6) is 0.610. The fourth-order valence-electron chi connectivity index (χ4n) is 6.26. The Balaban J connectivity index is 1.74. The second kappa shape index (κ2) is 11.6. The van der Waals surface area contributed by atoms with Gasteiger partial charge in [-0.1, -0.05) is 29.8 Å². The van der Waals surface area contributed by atoms with Crippen LogP contribution in [0.25, 0.3) is 22.2 Å². The Labute approximate surface area is 252 Å². The third kappa shape index (κ3) is 5.86. The fourth-order valence-corrected chi connectivity index (χ4v) is 6.69. The van der Waals surface area contributed by atoms with Crippen molar-refractivity contribution in [3.8, 4) is 17.0 Å². The minimum Gasteiger partial charge on any atom is -0.489 e. The summed E-state index contributed by atoms with van der Waals surface area (Å²) < 4.78 is 20.9. The number of likely N-dealkylation sites (N-methyl/N-ethyl adjacent to an activating group) is 1. The monoisotopic (exact) mass is 626 g/mol. The van der Waals surface area contributed by atoms with Crippen LogP contribution in [0.5, 0.6) is 5.75 Å². The van der Waals surface area contributed by atoms with E-state index in [1.54, 1.807) is 7.11 Å². The molecule has 1 saturated heterocycles. The van der Waals surface area contributed by atoms with Gasteiger partial charge < -0.3 is 23.7 Å². The van der Waals surface area contributed by atoms with Crippen LogP contribution >= 0.6 is 15.9 Å². The van der Waals surface area contributed by atoms with Crippen LogP contribution in [0, 0.1) is 5.41 Å². The molecular weight excluding hydrogens is 584 g/mol. The van der Waals surface area contributed by atoms with E-state index in [0.717, 1.165) is 63.4 Å². The summed E-state index contributed by atoms with van der Waals surface area (Å²) in [6.07, 6.45) is 2.53. The highest BCUT2D eigenvalue weighted by Gasteiger charge is 2.33. The first-order valence-corrected chi connectivity index (χ1v) is 15.3. The quantitative estimate of drug-likeness (QED) is 0.275. The number of pyridine rings is 1. The second-order valence-electron chi connectivity index (χ2n) is 12.5. The van der Waals surface area contributed by atoms with Crippen molar-refractivity contribution in [2.24, 2.45) is 5.41 Å². The van der Waals surface area contributed by atoms with Gasteiger partial charge in [0, 0.05) is 60.0 Å². The summed E-state index contributed by atoms with van der Waals surface area (Å²) in [5, 5.41) is 1.14. The van der Waals surface area contributed by atoms with Gasteiger partial charge >= 0.3 is 5.97 Å². The average molecular weight is 628 g/mol. The molecule has 1 fully saturated rings. The van der Waals surface area contributed by atoms with E-state index in [1.165, 1.54) is 12.5 Å². The van der Waals surface area contributed by atoms with E-state index < -0.39 is 0 Å². The highest BCUT2D eigenvalue weighted by atomic mass is 79.9. The molecule has 0 saturated carbocycles. The number of esters is 1. The molecule has 0 bridgehead atoms. The molecule has 0 aliphatic carbocycles. The molecule has 9 heteroatoms. The van der Waals surface area contributed by atoms with Crippen molar-refractivity contribution in [3.63, 3.8) is 0 Å². The van der Waals surface area contributed by atoms with E-state index in [0.29, 0.717) is 31.7 Å². The van der Waals surface area contributed by atoms with Gasteiger partial charge in [0.05, 0.1) is 48.0 Å². The van der Waals surface area contributed by atoms with Crippen LogP contribution < -0.4 is 9.64 Å². The molecule has 5 rings (SSSR count). The van der Waals surface area contributed by atoms with E-state index in [9.17, 15) is 4.79 Å². The van der Waals surface area contributed by atoms with Crippen LogP contribution in [-0.2, 0) is 27.2 Å². The lowest BCUT2D eigenvalue weighted by Crippen LogP contribution is -2.55. The van der Waals surface area contributed by atoms with Crippen molar-refractivity contribution < 1.29 is 19.0 Å². The number of piperazine rings is 1. The number of benzene rings is 1. The molecule has 0 unspecified atom stereocenters. The van der Waals surface area contributed by atoms with Crippen molar-refractivity contribution in [3.05, 3.63) is 40.1 Å². The molecule has 3 atom stereocenters. The van der Waals surface area contributed by atoms with Crippen molar-refractivity contribution >= 4 is 38.5 Å². The SMILES string of the molecule is CO[C@@H](C)c1ncc(N2C[C@@H](C)N(C)[C@@H](C)C2)cc1-c1c(CC(C)(C)COC(C)=O)c2cc(Br)cc3c2n1CCO3. The highest BCUT2D eigenvalue weighted by molar-refractivity contribution is 9.10. The number of hydrogen-bond donors (Lipinski definition) is 0. The lowest BCUT2D eigenvalue weighted by molar-refractivity contribution is -0.143. The maximum atomic E-state index is 11.7. The van der Waals surface area contributed by atoms with E-state index in [-0.39, 0.29) is 17.5 Å². The number of nitrogens with zero attached hydrogens (tertiary/aromatic N) is 4. The molecule has 2 aromatic heterocycles. The summed E-state index contributed by atoms with van der Waals surface area (Å²) in [5.41, 5.74) is 6.26. The van der Waals surface area contributed by atoms with Crippen LogP contribution in [0.2, 0.25) is 0 Å². The molecule has 4 heterocycles. The molecule has 0 N–H and O–H groups in total. The van der Waals surface area contributed by atoms with Gasteiger partial charge in [0.15, 0.2) is 0 Å². The van der Waals surface area contributed by atoms with Crippen molar-refractivity contribution in [1.82, 2.24) is 14.5 Å². The first-order chi connectivity index (χ1) is 19.4. The zero-order valence-electron chi connectivity index (χ0n) is 25.6. The summed E-state index contributed by atoms with van der Waals surface area (Å²) in [4.78, 5) is 21.7. The molecule has 222 valence electrons. The first-order valence-electron chi connectivity index (χ1n) is 14.5. The number of rotatable bonds is 8. The van der Waals surface area contributed by atoms with Crippen molar-refractivity contribution in [2.75, 3.05) is 45.4 Å². The number of carbonyl (C=O) groups is 1. The lowest BCUT2D eigenvalue weighted by Gasteiger charge is -2.43. The Bertz CT molecular complexity index is 1440. The van der Waals surface area contributed by atoms with Gasteiger partial charge in [0.2, 0.25) is 0 Å². The smallest absolute Gasteiger partial charge is 0.302 e. The number of anilines is 1. The van der Waals surface area contributed by atoms with E-state index >= 15 is 0 Å². The third-order valence-electron chi connectivity index (χ3n) is 8.71.